The molecule has 0 saturated heterocycles. The molecule has 25 heavy (non-hydrogen) atoms. The number of hydrogen-bond acceptors (Lipinski definition) is 2. The summed E-state index contributed by atoms with van der Waals surface area (Å²) in [6.07, 6.45) is 1.78. The fourth-order valence-corrected chi connectivity index (χ4v) is 2.87. The zero-order valence-corrected chi connectivity index (χ0v) is 15.3. The molecule has 0 amide bonds. The predicted octanol–water partition coefficient (Wildman–Crippen LogP) is 5.10. The lowest BCUT2D eigenvalue weighted by Crippen LogP contribution is -2.34. The lowest BCUT2D eigenvalue weighted by molar-refractivity contribution is 0.980. The molecule has 0 aliphatic heterocycles. The maximum Gasteiger partial charge on any atom is 0.179 e. The number of aryl methyl sites for hydroxylation is 2. The van der Waals surface area contributed by atoms with E-state index in [4.69, 9.17) is 12.2 Å². The zero-order chi connectivity index (χ0) is 17.6. The average molecular weight is 347 g/mol. The second kappa shape index (κ2) is 7.90. The molecule has 126 valence electrons. The van der Waals surface area contributed by atoms with Gasteiger partial charge in [-0.3, -0.25) is 4.90 Å². The van der Waals surface area contributed by atoms with E-state index in [1.165, 1.54) is 16.7 Å². The number of rotatable bonds is 4. The molecule has 3 aromatic rings. The topological polar surface area (TPSA) is 28.2 Å². The molecule has 0 radical (unpaired) electrons. The molecule has 1 aromatic heterocycles. The maximum absolute atomic E-state index is 5.68. The summed E-state index contributed by atoms with van der Waals surface area (Å²) in [5, 5.41) is 3.95. The number of hydrogen-bond donors (Lipinski definition) is 1. The van der Waals surface area contributed by atoms with Crippen LogP contribution in [0.3, 0.4) is 0 Å². The van der Waals surface area contributed by atoms with Crippen LogP contribution in [-0.4, -0.2) is 10.1 Å². The monoisotopic (exact) mass is 347 g/mol. The van der Waals surface area contributed by atoms with Gasteiger partial charge in [-0.2, -0.15) is 0 Å². The van der Waals surface area contributed by atoms with Gasteiger partial charge in [-0.15, -0.1) is 0 Å². The Kier molecular flexibility index (Phi) is 5.41. The van der Waals surface area contributed by atoms with Gasteiger partial charge in [0.05, 0.1) is 6.54 Å². The highest BCUT2D eigenvalue weighted by molar-refractivity contribution is 7.80. The number of nitrogens with zero attached hydrogens (tertiary/aromatic N) is 2. The van der Waals surface area contributed by atoms with Crippen LogP contribution in [0.1, 0.15) is 16.7 Å². The second-order valence-corrected chi connectivity index (χ2v) is 6.45. The van der Waals surface area contributed by atoms with E-state index in [-0.39, 0.29) is 0 Å². The molecule has 3 rings (SSSR count). The minimum Gasteiger partial charge on any atom is -0.332 e. The fraction of sp³-hybridized carbons (Fsp3) is 0.143. The summed E-state index contributed by atoms with van der Waals surface area (Å²) in [5.74, 6) is 0.827. The molecular formula is C21H21N3S. The normalized spacial score (nSPS) is 10.3. The highest BCUT2D eigenvalue weighted by Gasteiger charge is 2.14. The van der Waals surface area contributed by atoms with Gasteiger partial charge in [-0.05, 0) is 55.9 Å². The van der Waals surface area contributed by atoms with Gasteiger partial charge in [-0.25, -0.2) is 4.98 Å². The highest BCUT2D eigenvalue weighted by atomic mass is 32.1. The Morgan fingerprint density at radius 1 is 0.960 bits per heavy atom. The van der Waals surface area contributed by atoms with Crippen LogP contribution in [-0.2, 0) is 6.54 Å². The molecule has 4 heteroatoms. The molecule has 0 aliphatic rings. The Labute approximate surface area is 154 Å². The van der Waals surface area contributed by atoms with Crippen LogP contribution >= 0.6 is 12.2 Å². The van der Waals surface area contributed by atoms with Gasteiger partial charge < -0.3 is 5.32 Å². The quantitative estimate of drug-likeness (QED) is 0.665. The van der Waals surface area contributed by atoms with Crippen molar-refractivity contribution in [2.75, 3.05) is 10.2 Å². The molecule has 0 saturated carbocycles. The Morgan fingerprint density at radius 3 is 2.44 bits per heavy atom. The lowest BCUT2D eigenvalue weighted by Gasteiger charge is -2.25. The molecule has 1 N–H and O–H groups in total. The third-order valence-electron chi connectivity index (χ3n) is 3.90. The first-order valence-corrected chi connectivity index (χ1v) is 8.64. The molecule has 0 aliphatic carbocycles. The zero-order valence-electron chi connectivity index (χ0n) is 14.4. The van der Waals surface area contributed by atoms with Crippen molar-refractivity contribution in [1.29, 1.82) is 0 Å². The van der Waals surface area contributed by atoms with Gasteiger partial charge in [0, 0.05) is 11.9 Å². The van der Waals surface area contributed by atoms with E-state index in [1.807, 2.05) is 35.2 Å². The Hall–Kier alpha value is -2.72. The Morgan fingerprint density at radius 2 is 1.76 bits per heavy atom. The minimum absolute atomic E-state index is 0.629. The highest BCUT2D eigenvalue weighted by Crippen LogP contribution is 2.18. The van der Waals surface area contributed by atoms with Crippen LogP contribution in [0.4, 0.5) is 11.5 Å². The first-order chi connectivity index (χ1) is 12.1. The molecular weight excluding hydrogens is 326 g/mol. The van der Waals surface area contributed by atoms with Crippen molar-refractivity contribution in [2.24, 2.45) is 0 Å². The van der Waals surface area contributed by atoms with E-state index >= 15 is 0 Å². The Bertz CT molecular complexity index is 845. The molecule has 0 bridgehead atoms. The summed E-state index contributed by atoms with van der Waals surface area (Å²) in [7, 11) is 0. The van der Waals surface area contributed by atoms with Crippen LogP contribution in [0.25, 0.3) is 0 Å². The molecule has 2 aromatic carbocycles. The summed E-state index contributed by atoms with van der Waals surface area (Å²) >= 11 is 5.68. The van der Waals surface area contributed by atoms with E-state index in [0.717, 1.165) is 11.5 Å². The third-order valence-corrected chi connectivity index (χ3v) is 4.22. The summed E-state index contributed by atoms with van der Waals surface area (Å²) < 4.78 is 0. The van der Waals surface area contributed by atoms with Crippen molar-refractivity contribution in [3.05, 3.63) is 89.6 Å². The first kappa shape index (κ1) is 17.1. The number of pyridine rings is 1. The first-order valence-electron chi connectivity index (χ1n) is 8.23. The molecule has 0 atom stereocenters. The average Bonchev–Trinajstić information content (AvgIpc) is 2.62. The van der Waals surface area contributed by atoms with E-state index in [9.17, 15) is 0 Å². The number of benzene rings is 2. The molecule has 0 fully saturated rings. The SMILES string of the molecule is Cc1ccc(NC(=S)N(Cc2cccc(C)c2)c2ccccn2)cc1. The number of thiocarbonyl (C=S) groups is 1. The van der Waals surface area contributed by atoms with Gasteiger partial charge in [0.1, 0.15) is 5.82 Å². The van der Waals surface area contributed by atoms with Crippen LogP contribution in [0.15, 0.2) is 72.9 Å². The van der Waals surface area contributed by atoms with Crippen molar-refractivity contribution in [3.8, 4) is 0 Å². The standard InChI is InChI=1S/C21H21N3S/c1-16-9-11-19(12-10-16)23-21(25)24(20-8-3-4-13-22-20)15-18-7-5-6-17(2)14-18/h3-14H,15H2,1-2H3,(H,23,25). The van der Waals surface area contributed by atoms with Gasteiger partial charge in [-0.1, -0.05) is 53.6 Å². The summed E-state index contributed by atoms with van der Waals surface area (Å²) in [5.41, 5.74) is 4.62. The fourth-order valence-electron chi connectivity index (χ4n) is 2.59. The van der Waals surface area contributed by atoms with Gasteiger partial charge in [0.2, 0.25) is 0 Å². The van der Waals surface area contributed by atoms with E-state index in [0.29, 0.717) is 11.7 Å². The predicted molar refractivity (Wildman–Crippen MR) is 109 cm³/mol. The summed E-state index contributed by atoms with van der Waals surface area (Å²) in [6.45, 7) is 4.83. The minimum atomic E-state index is 0.629. The van der Waals surface area contributed by atoms with Crippen molar-refractivity contribution >= 4 is 28.8 Å². The van der Waals surface area contributed by atoms with Crippen LogP contribution < -0.4 is 10.2 Å². The van der Waals surface area contributed by atoms with Gasteiger partial charge in [0.25, 0.3) is 0 Å². The van der Waals surface area contributed by atoms with Crippen molar-refractivity contribution < 1.29 is 0 Å². The van der Waals surface area contributed by atoms with E-state index in [2.05, 4.69) is 60.5 Å². The Balaban J connectivity index is 1.85. The third kappa shape index (κ3) is 4.64. The van der Waals surface area contributed by atoms with Crippen molar-refractivity contribution in [2.45, 2.75) is 20.4 Å². The number of aromatic nitrogens is 1. The van der Waals surface area contributed by atoms with Crippen LogP contribution in [0, 0.1) is 13.8 Å². The number of anilines is 2. The lowest BCUT2D eigenvalue weighted by atomic mass is 10.1. The molecule has 1 heterocycles. The van der Waals surface area contributed by atoms with Crippen molar-refractivity contribution in [3.63, 3.8) is 0 Å². The smallest absolute Gasteiger partial charge is 0.179 e. The van der Waals surface area contributed by atoms with E-state index in [1.54, 1.807) is 6.20 Å². The number of nitrogens with one attached hydrogen (secondary N) is 1. The maximum atomic E-state index is 5.68. The summed E-state index contributed by atoms with van der Waals surface area (Å²) in [4.78, 5) is 6.49. The van der Waals surface area contributed by atoms with Gasteiger partial charge in [0.15, 0.2) is 5.11 Å². The molecule has 0 unspecified atom stereocenters. The second-order valence-electron chi connectivity index (χ2n) is 6.06. The summed E-state index contributed by atoms with van der Waals surface area (Å²) in [6, 6.07) is 22.5. The van der Waals surface area contributed by atoms with Gasteiger partial charge >= 0.3 is 0 Å². The molecule has 3 nitrogen and oxygen atoms in total. The largest absolute Gasteiger partial charge is 0.332 e. The van der Waals surface area contributed by atoms with Crippen LogP contribution in [0.2, 0.25) is 0 Å². The van der Waals surface area contributed by atoms with E-state index < -0.39 is 0 Å². The van der Waals surface area contributed by atoms with Crippen LogP contribution in [0.5, 0.6) is 0 Å². The van der Waals surface area contributed by atoms with Crippen molar-refractivity contribution in [1.82, 2.24) is 4.98 Å². The molecule has 0 spiro atoms.